The Morgan fingerprint density at radius 3 is 2.86 bits per heavy atom. The van der Waals surface area contributed by atoms with Gasteiger partial charge in [-0.2, -0.15) is 9.78 Å². The van der Waals surface area contributed by atoms with Crippen molar-refractivity contribution in [2.75, 3.05) is 11.9 Å². The fourth-order valence-electron chi connectivity index (χ4n) is 2.75. The third-order valence-electron chi connectivity index (χ3n) is 3.95. The molecule has 0 aliphatic carbocycles. The molecule has 0 unspecified atom stereocenters. The van der Waals surface area contributed by atoms with Gasteiger partial charge in [0.05, 0.1) is 28.4 Å². The van der Waals surface area contributed by atoms with Crippen molar-refractivity contribution in [3.05, 3.63) is 64.5 Å². The molecule has 0 saturated carbocycles. The molecule has 4 rings (SSSR count). The zero-order valence-corrected chi connectivity index (χ0v) is 17.0. The Morgan fingerprint density at radius 1 is 1.21 bits per heavy atom. The molecule has 0 saturated heterocycles. The molecule has 8 heteroatoms. The van der Waals surface area contributed by atoms with Crippen molar-refractivity contribution in [1.82, 2.24) is 14.8 Å². The van der Waals surface area contributed by atoms with E-state index in [2.05, 4.69) is 15.4 Å². The summed E-state index contributed by atoms with van der Waals surface area (Å²) in [7, 11) is 0. The molecule has 0 aliphatic rings. The summed E-state index contributed by atoms with van der Waals surface area (Å²) in [6.45, 7) is 4.26. The zero-order valence-electron chi connectivity index (χ0n) is 15.4. The second kappa shape index (κ2) is 7.95. The van der Waals surface area contributed by atoms with Crippen molar-refractivity contribution in [3.63, 3.8) is 0 Å². The van der Waals surface area contributed by atoms with Crippen molar-refractivity contribution in [1.29, 1.82) is 0 Å². The van der Waals surface area contributed by atoms with Gasteiger partial charge in [-0.3, -0.25) is 4.79 Å². The number of anilines is 1. The number of carbonyl (C=O) groups is 1. The minimum absolute atomic E-state index is 0.250. The van der Waals surface area contributed by atoms with Crippen LogP contribution < -0.4 is 10.1 Å². The van der Waals surface area contributed by atoms with E-state index in [1.807, 2.05) is 54.9 Å². The van der Waals surface area contributed by atoms with Crippen molar-refractivity contribution in [3.8, 4) is 21.5 Å². The van der Waals surface area contributed by atoms with Gasteiger partial charge in [-0.25, -0.2) is 4.98 Å². The van der Waals surface area contributed by atoms with E-state index < -0.39 is 0 Å². The molecule has 0 fully saturated rings. The van der Waals surface area contributed by atoms with Gasteiger partial charge >= 0.3 is 0 Å². The lowest BCUT2D eigenvalue weighted by Crippen LogP contribution is -2.16. The van der Waals surface area contributed by atoms with Crippen LogP contribution >= 0.6 is 22.7 Å². The van der Waals surface area contributed by atoms with E-state index in [1.165, 1.54) is 11.3 Å². The number of ether oxygens (including phenoxy) is 1. The average molecular weight is 411 g/mol. The van der Waals surface area contributed by atoms with Crippen LogP contribution in [0.1, 0.15) is 23.0 Å². The summed E-state index contributed by atoms with van der Waals surface area (Å²) in [5.41, 5.74) is 2.18. The minimum Gasteiger partial charge on any atom is -0.493 e. The molecule has 0 atom stereocenters. The highest BCUT2D eigenvalue weighted by molar-refractivity contribution is 7.15. The zero-order chi connectivity index (χ0) is 19.5. The Morgan fingerprint density at radius 2 is 2.07 bits per heavy atom. The molecule has 3 aromatic heterocycles. The number of thiophene rings is 1. The number of thiazole rings is 1. The highest BCUT2D eigenvalue weighted by Crippen LogP contribution is 2.29. The summed E-state index contributed by atoms with van der Waals surface area (Å²) in [4.78, 5) is 18.6. The van der Waals surface area contributed by atoms with Crippen molar-refractivity contribution < 1.29 is 9.53 Å². The van der Waals surface area contributed by atoms with Crippen molar-refractivity contribution in [2.24, 2.45) is 0 Å². The van der Waals surface area contributed by atoms with E-state index in [4.69, 9.17) is 4.74 Å². The fraction of sp³-hybridized carbons (Fsp3) is 0.150. The first-order chi connectivity index (χ1) is 13.7. The Labute approximate surface area is 170 Å². The number of rotatable bonds is 6. The number of amides is 1. The second-order valence-corrected chi connectivity index (χ2v) is 7.74. The SMILES string of the molecule is CCOc1ccccc1C(=O)Nc1cc(C)nn1-c1nc(-c2cccs2)cs1. The largest absolute Gasteiger partial charge is 0.493 e. The fourth-order valence-corrected chi connectivity index (χ4v) is 4.30. The lowest BCUT2D eigenvalue weighted by atomic mass is 10.2. The standard InChI is InChI=1S/C20H18N4O2S2/c1-3-26-16-8-5-4-7-14(16)19(25)22-18-11-13(2)23-24(18)20-21-15(12-28-20)17-9-6-10-27-17/h4-12H,3H2,1-2H3,(H,22,25). The highest BCUT2D eigenvalue weighted by Gasteiger charge is 2.17. The molecule has 4 aromatic rings. The van der Waals surface area contributed by atoms with E-state index in [0.717, 1.165) is 16.3 Å². The molecule has 3 heterocycles. The molecular formula is C20H18N4O2S2. The third kappa shape index (κ3) is 3.69. The van der Waals surface area contributed by atoms with Crippen LogP contribution in [0.4, 0.5) is 5.82 Å². The molecule has 0 radical (unpaired) electrons. The molecular weight excluding hydrogens is 392 g/mol. The van der Waals surface area contributed by atoms with Crippen LogP contribution in [0.5, 0.6) is 5.75 Å². The van der Waals surface area contributed by atoms with Crippen molar-refractivity contribution in [2.45, 2.75) is 13.8 Å². The number of hydrogen-bond donors (Lipinski definition) is 1. The maximum absolute atomic E-state index is 12.8. The number of aromatic nitrogens is 3. The van der Waals surface area contributed by atoms with Gasteiger partial charge in [0.25, 0.3) is 5.91 Å². The smallest absolute Gasteiger partial charge is 0.260 e. The quantitative estimate of drug-likeness (QED) is 0.485. The molecule has 0 aliphatic heterocycles. The Hall–Kier alpha value is -2.97. The van der Waals surface area contributed by atoms with Crippen LogP contribution in [-0.4, -0.2) is 27.3 Å². The average Bonchev–Trinajstić information content (AvgIpc) is 3.42. The van der Waals surface area contributed by atoms with Gasteiger partial charge in [-0.1, -0.05) is 18.2 Å². The van der Waals surface area contributed by atoms with Gasteiger partial charge in [0.15, 0.2) is 0 Å². The number of carbonyl (C=O) groups excluding carboxylic acids is 1. The lowest BCUT2D eigenvalue weighted by Gasteiger charge is -2.10. The first kappa shape index (κ1) is 18.4. The van der Waals surface area contributed by atoms with Gasteiger partial charge in [-0.15, -0.1) is 22.7 Å². The predicted octanol–water partition coefficient (Wildman–Crippen LogP) is 5.02. The van der Waals surface area contributed by atoms with Gasteiger partial charge in [0.1, 0.15) is 11.6 Å². The second-order valence-electron chi connectivity index (χ2n) is 5.96. The van der Waals surface area contributed by atoms with Gasteiger partial charge < -0.3 is 10.1 Å². The predicted molar refractivity (Wildman–Crippen MR) is 113 cm³/mol. The highest BCUT2D eigenvalue weighted by atomic mass is 32.1. The summed E-state index contributed by atoms with van der Waals surface area (Å²) >= 11 is 3.12. The summed E-state index contributed by atoms with van der Waals surface area (Å²) in [6.07, 6.45) is 0. The Bertz CT molecular complexity index is 1100. The molecule has 142 valence electrons. The van der Waals surface area contributed by atoms with E-state index in [0.29, 0.717) is 28.9 Å². The third-order valence-corrected chi connectivity index (χ3v) is 5.66. The first-order valence-electron chi connectivity index (χ1n) is 8.75. The number of hydrogen-bond acceptors (Lipinski definition) is 6. The molecule has 1 aromatic carbocycles. The van der Waals surface area contributed by atoms with E-state index in [-0.39, 0.29) is 5.91 Å². The number of nitrogens with one attached hydrogen (secondary N) is 1. The van der Waals surface area contributed by atoms with Crippen molar-refractivity contribution >= 4 is 34.4 Å². The van der Waals surface area contributed by atoms with Crippen LogP contribution in [0.25, 0.3) is 15.7 Å². The van der Waals surface area contributed by atoms with Crippen LogP contribution in [0.3, 0.4) is 0 Å². The number of para-hydroxylation sites is 1. The summed E-state index contributed by atoms with van der Waals surface area (Å²) in [6, 6.07) is 13.0. The maximum atomic E-state index is 12.8. The first-order valence-corrected chi connectivity index (χ1v) is 10.5. The van der Waals surface area contributed by atoms with Crippen LogP contribution in [0.2, 0.25) is 0 Å². The molecule has 0 bridgehead atoms. The number of nitrogens with zero attached hydrogens (tertiary/aromatic N) is 3. The lowest BCUT2D eigenvalue weighted by molar-refractivity contribution is 0.102. The maximum Gasteiger partial charge on any atom is 0.260 e. The molecule has 6 nitrogen and oxygen atoms in total. The molecule has 1 amide bonds. The topological polar surface area (TPSA) is 69.0 Å². The van der Waals surface area contributed by atoms with Gasteiger partial charge in [0, 0.05) is 11.4 Å². The van der Waals surface area contributed by atoms with E-state index in [9.17, 15) is 4.79 Å². The number of aryl methyl sites for hydroxylation is 1. The summed E-state index contributed by atoms with van der Waals surface area (Å²) in [5, 5.41) is 12.2. The molecule has 28 heavy (non-hydrogen) atoms. The molecule has 1 N–H and O–H groups in total. The molecule has 0 spiro atoms. The summed E-state index contributed by atoms with van der Waals surface area (Å²) in [5.74, 6) is 0.876. The van der Waals surface area contributed by atoms with Gasteiger partial charge in [0.2, 0.25) is 5.13 Å². The Kier molecular flexibility index (Phi) is 5.23. The normalized spacial score (nSPS) is 10.8. The van der Waals surface area contributed by atoms with Crippen LogP contribution in [0, 0.1) is 6.92 Å². The number of benzene rings is 1. The monoisotopic (exact) mass is 410 g/mol. The van der Waals surface area contributed by atoms with E-state index in [1.54, 1.807) is 28.2 Å². The Balaban J connectivity index is 1.63. The summed E-state index contributed by atoms with van der Waals surface area (Å²) < 4.78 is 7.23. The van der Waals surface area contributed by atoms with Crippen LogP contribution in [0.15, 0.2) is 53.2 Å². The van der Waals surface area contributed by atoms with E-state index >= 15 is 0 Å². The minimum atomic E-state index is -0.250. The van der Waals surface area contributed by atoms with Gasteiger partial charge in [-0.05, 0) is 37.4 Å². The van der Waals surface area contributed by atoms with Crippen LogP contribution in [-0.2, 0) is 0 Å².